The summed E-state index contributed by atoms with van der Waals surface area (Å²) in [5, 5.41) is 9.73. The first kappa shape index (κ1) is 14.9. The van der Waals surface area contributed by atoms with Crippen LogP contribution in [0.5, 0.6) is 0 Å². The summed E-state index contributed by atoms with van der Waals surface area (Å²) in [5.74, 6) is -0.460. The Morgan fingerprint density at radius 3 is 2.35 bits per heavy atom. The summed E-state index contributed by atoms with van der Waals surface area (Å²) < 4.78 is 0. The molecule has 0 spiro atoms. The Labute approximate surface area is 127 Å². The Balaban J connectivity index is 2.29. The van der Waals surface area contributed by atoms with Gasteiger partial charge < -0.3 is 5.11 Å². The van der Waals surface area contributed by atoms with E-state index in [1.54, 1.807) is 12.1 Å². The molecule has 4 heteroatoms. The van der Waals surface area contributed by atoms with E-state index in [-0.39, 0.29) is 5.56 Å². The average molecular weight is 307 g/mol. The van der Waals surface area contributed by atoms with Gasteiger partial charge >= 0.3 is 5.97 Å². The van der Waals surface area contributed by atoms with Crippen LogP contribution in [0.1, 0.15) is 35.7 Å². The molecule has 0 aliphatic carbocycles. The van der Waals surface area contributed by atoms with Crippen molar-refractivity contribution in [1.29, 1.82) is 0 Å². The fourth-order valence-corrected chi connectivity index (χ4v) is 3.02. The minimum atomic E-state index is -0.942. The molecule has 0 radical (unpaired) electrons. The third kappa shape index (κ3) is 3.56. The summed E-state index contributed by atoms with van der Waals surface area (Å²) in [6.07, 6.45) is 0. The normalized spacial score (nSPS) is 10.8. The van der Waals surface area contributed by atoms with Crippen LogP contribution in [0, 0.1) is 0 Å². The van der Waals surface area contributed by atoms with Gasteiger partial charge in [0.25, 0.3) is 0 Å². The van der Waals surface area contributed by atoms with Gasteiger partial charge in [-0.25, -0.2) is 4.79 Å². The maximum absolute atomic E-state index is 11.2. The van der Waals surface area contributed by atoms with Gasteiger partial charge in [-0.05, 0) is 41.8 Å². The van der Waals surface area contributed by atoms with Crippen molar-refractivity contribution in [3.63, 3.8) is 0 Å². The molecule has 0 unspecified atom stereocenters. The number of carbonyl (C=O) groups is 1. The Morgan fingerprint density at radius 2 is 1.80 bits per heavy atom. The number of carboxylic acids is 1. The lowest BCUT2D eigenvalue weighted by molar-refractivity contribution is 0.0693. The molecule has 0 atom stereocenters. The van der Waals surface area contributed by atoms with Crippen molar-refractivity contribution in [1.82, 2.24) is 0 Å². The molecule has 0 saturated heterocycles. The van der Waals surface area contributed by atoms with Gasteiger partial charge in [-0.3, -0.25) is 0 Å². The number of carboxylic acid groups (broad SMARTS) is 1. The zero-order valence-corrected chi connectivity index (χ0v) is 12.8. The second-order valence-electron chi connectivity index (χ2n) is 4.77. The Hall–Kier alpha value is -1.45. The second kappa shape index (κ2) is 6.33. The summed E-state index contributed by atoms with van der Waals surface area (Å²) in [4.78, 5) is 12.9. The highest BCUT2D eigenvalue weighted by molar-refractivity contribution is 7.99. The van der Waals surface area contributed by atoms with Crippen molar-refractivity contribution in [3.8, 4) is 0 Å². The number of hydrogen-bond acceptors (Lipinski definition) is 2. The third-order valence-corrected chi connectivity index (χ3v) is 4.25. The van der Waals surface area contributed by atoms with E-state index in [2.05, 4.69) is 26.0 Å². The van der Waals surface area contributed by atoms with Crippen molar-refractivity contribution in [3.05, 3.63) is 58.6 Å². The average Bonchev–Trinajstić information content (AvgIpc) is 2.39. The summed E-state index contributed by atoms with van der Waals surface area (Å²) in [6.45, 7) is 4.28. The van der Waals surface area contributed by atoms with Gasteiger partial charge in [-0.1, -0.05) is 49.3 Å². The standard InChI is InChI=1S/C16H15ClO2S/c1-10(2)11-3-6-13(7-4-11)20-15-9-12(17)5-8-14(15)16(18)19/h3-10H,1-2H3,(H,18,19). The Morgan fingerprint density at radius 1 is 1.15 bits per heavy atom. The zero-order chi connectivity index (χ0) is 14.7. The van der Waals surface area contributed by atoms with Gasteiger partial charge in [0.05, 0.1) is 5.56 Å². The van der Waals surface area contributed by atoms with Gasteiger partial charge in [0, 0.05) is 14.8 Å². The molecule has 0 heterocycles. The Kier molecular flexibility index (Phi) is 4.73. The topological polar surface area (TPSA) is 37.3 Å². The van der Waals surface area contributed by atoms with Gasteiger partial charge in [0.1, 0.15) is 0 Å². The fourth-order valence-electron chi connectivity index (χ4n) is 1.81. The zero-order valence-electron chi connectivity index (χ0n) is 11.3. The van der Waals surface area contributed by atoms with E-state index < -0.39 is 5.97 Å². The highest BCUT2D eigenvalue weighted by Crippen LogP contribution is 2.33. The van der Waals surface area contributed by atoms with Crippen molar-refractivity contribution >= 4 is 29.3 Å². The van der Waals surface area contributed by atoms with Crippen LogP contribution < -0.4 is 0 Å². The predicted molar refractivity (Wildman–Crippen MR) is 83.1 cm³/mol. The van der Waals surface area contributed by atoms with E-state index in [9.17, 15) is 9.90 Å². The van der Waals surface area contributed by atoms with E-state index in [1.165, 1.54) is 23.4 Å². The van der Waals surface area contributed by atoms with Crippen LogP contribution in [0.3, 0.4) is 0 Å². The molecule has 0 aliphatic rings. The summed E-state index contributed by atoms with van der Waals surface area (Å²) >= 11 is 7.36. The molecule has 0 amide bonds. The van der Waals surface area contributed by atoms with E-state index in [0.717, 1.165) is 4.90 Å². The van der Waals surface area contributed by atoms with Crippen LogP contribution in [-0.2, 0) is 0 Å². The van der Waals surface area contributed by atoms with E-state index in [1.807, 2.05) is 12.1 Å². The van der Waals surface area contributed by atoms with Crippen molar-refractivity contribution in [2.75, 3.05) is 0 Å². The van der Waals surface area contributed by atoms with Crippen LogP contribution >= 0.6 is 23.4 Å². The quantitative estimate of drug-likeness (QED) is 0.831. The van der Waals surface area contributed by atoms with Crippen LogP contribution in [-0.4, -0.2) is 11.1 Å². The largest absolute Gasteiger partial charge is 0.478 e. The monoisotopic (exact) mass is 306 g/mol. The summed E-state index contributed by atoms with van der Waals surface area (Å²) in [6, 6.07) is 13.0. The molecular weight excluding hydrogens is 292 g/mol. The van der Waals surface area contributed by atoms with E-state index in [4.69, 9.17) is 11.6 Å². The van der Waals surface area contributed by atoms with E-state index in [0.29, 0.717) is 15.8 Å². The Bertz CT molecular complexity index is 621. The molecule has 1 N–H and O–H groups in total. The lowest BCUT2D eigenvalue weighted by atomic mass is 10.0. The predicted octanol–water partition coefficient (Wildman–Crippen LogP) is 5.31. The van der Waals surface area contributed by atoms with Crippen molar-refractivity contribution in [2.45, 2.75) is 29.6 Å². The van der Waals surface area contributed by atoms with Gasteiger partial charge in [0.2, 0.25) is 0 Å². The van der Waals surface area contributed by atoms with Crippen LogP contribution in [0.4, 0.5) is 0 Å². The maximum Gasteiger partial charge on any atom is 0.336 e. The van der Waals surface area contributed by atoms with Crippen molar-refractivity contribution < 1.29 is 9.90 Å². The summed E-state index contributed by atoms with van der Waals surface area (Å²) in [5.41, 5.74) is 1.53. The number of halogens is 1. The molecule has 104 valence electrons. The molecule has 0 fully saturated rings. The molecule has 2 aromatic carbocycles. The summed E-state index contributed by atoms with van der Waals surface area (Å²) in [7, 11) is 0. The molecule has 0 saturated carbocycles. The fraction of sp³-hybridized carbons (Fsp3) is 0.188. The smallest absolute Gasteiger partial charge is 0.336 e. The molecule has 0 aromatic heterocycles. The highest BCUT2D eigenvalue weighted by Gasteiger charge is 2.12. The molecule has 2 nitrogen and oxygen atoms in total. The van der Waals surface area contributed by atoms with E-state index >= 15 is 0 Å². The lowest BCUT2D eigenvalue weighted by Gasteiger charge is -2.09. The number of rotatable bonds is 4. The van der Waals surface area contributed by atoms with Gasteiger partial charge in [-0.2, -0.15) is 0 Å². The van der Waals surface area contributed by atoms with Gasteiger partial charge in [0.15, 0.2) is 0 Å². The third-order valence-electron chi connectivity index (χ3n) is 2.95. The molecule has 0 bridgehead atoms. The minimum absolute atomic E-state index is 0.271. The lowest BCUT2D eigenvalue weighted by Crippen LogP contribution is -1.98. The molecule has 2 rings (SSSR count). The van der Waals surface area contributed by atoms with Crippen LogP contribution in [0.2, 0.25) is 5.02 Å². The molecular formula is C16H15ClO2S. The highest BCUT2D eigenvalue weighted by atomic mass is 35.5. The maximum atomic E-state index is 11.2. The minimum Gasteiger partial charge on any atom is -0.478 e. The van der Waals surface area contributed by atoms with Crippen molar-refractivity contribution in [2.24, 2.45) is 0 Å². The molecule has 20 heavy (non-hydrogen) atoms. The first-order valence-electron chi connectivity index (χ1n) is 6.28. The number of aromatic carboxylic acids is 1. The second-order valence-corrected chi connectivity index (χ2v) is 6.32. The number of benzene rings is 2. The first-order valence-corrected chi connectivity index (χ1v) is 7.47. The van der Waals surface area contributed by atoms with Gasteiger partial charge in [-0.15, -0.1) is 0 Å². The van der Waals surface area contributed by atoms with Crippen LogP contribution in [0.15, 0.2) is 52.3 Å². The first-order chi connectivity index (χ1) is 9.47. The molecule has 0 aliphatic heterocycles. The molecule has 2 aromatic rings. The van der Waals surface area contributed by atoms with Crippen LogP contribution in [0.25, 0.3) is 0 Å². The number of hydrogen-bond donors (Lipinski definition) is 1. The SMILES string of the molecule is CC(C)c1ccc(Sc2cc(Cl)ccc2C(=O)O)cc1.